The molecule has 3 heteroatoms. The van der Waals surface area contributed by atoms with Crippen LogP contribution < -0.4 is 0 Å². The quantitative estimate of drug-likeness (QED) is 0.850. The Labute approximate surface area is 118 Å². The van der Waals surface area contributed by atoms with Crippen LogP contribution in [0.4, 0.5) is 0 Å². The first-order valence-corrected chi connectivity index (χ1v) is 7.99. The third kappa shape index (κ3) is 4.17. The van der Waals surface area contributed by atoms with Crippen LogP contribution in [0.15, 0.2) is 0 Å². The predicted molar refractivity (Wildman–Crippen MR) is 78.1 cm³/mol. The number of hydrogen-bond acceptors (Lipinski definition) is 3. The molecule has 0 radical (unpaired) electrons. The average molecular weight is 269 g/mol. The summed E-state index contributed by atoms with van der Waals surface area (Å²) in [4.78, 5) is 2.56. The van der Waals surface area contributed by atoms with Crippen molar-refractivity contribution in [2.75, 3.05) is 33.4 Å². The number of ether oxygens (including phenoxy) is 1. The molecule has 0 bridgehead atoms. The van der Waals surface area contributed by atoms with Gasteiger partial charge in [0.05, 0.1) is 12.7 Å². The van der Waals surface area contributed by atoms with Gasteiger partial charge in [-0.25, -0.2) is 0 Å². The summed E-state index contributed by atoms with van der Waals surface area (Å²) in [6, 6.07) is 0. The van der Waals surface area contributed by atoms with Gasteiger partial charge >= 0.3 is 0 Å². The van der Waals surface area contributed by atoms with Crippen LogP contribution in [0.2, 0.25) is 0 Å². The largest absolute Gasteiger partial charge is 0.393 e. The van der Waals surface area contributed by atoms with Gasteiger partial charge in [-0.05, 0) is 50.0 Å². The third-order valence-electron chi connectivity index (χ3n) is 5.12. The second-order valence-electron chi connectivity index (χ2n) is 7.01. The Balaban J connectivity index is 1.85. The lowest BCUT2D eigenvalue weighted by molar-refractivity contribution is -0.0121. The van der Waals surface area contributed by atoms with Gasteiger partial charge in [0.2, 0.25) is 0 Å². The van der Waals surface area contributed by atoms with Gasteiger partial charge in [-0.3, -0.25) is 0 Å². The lowest BCUT2D eigenvalue weighted by Gasteiger charge is -2.41. The normalized spacial score (nSPS) is 41.4. The number of rotatable bonds is 4. The molecule has 1 N–H and O–H groups in total. The first kappa shape index (κ1) is 15.3. The van der Waals surface area contributed by atoms with Crippen LogP contribution in [0.1, 0.15) is 39.5 Å². The Kier molecular flexibility index (Phi) is 5.67. The van der Waals surface area contributed by atoms with Crippen LogP contribution in [0.5, 0.6) is 0 Å². The van der Waals surface area contributed by atoms with E-state index in [2.05, 4.69) is 18.7 Å². The Bertz CT molecular complexity index is 257. The van der Waals surface area contributed by atoms with E-state index in [-0.39, 0.29) is 6.10 Å². The second-order valence-corrected chi connectivity index (χ2v) is 7.01. The van der Waals surface area contributed by atoms with Crippen molar-refractivity contribution in [1.29, 1.82) is 0 Å². The summed E-state index contributed by atoms with van der Waals surface area (Å²) >= 11 is 0. The molecule has 0 aromatic carbocycles. The number of methoxy groups -OCH3 is 1. The lowest BCUT2D eigenvalue weighted by atomic mass is 9.73. The van der Waals surface area contributed by atoms with Crippen LogP contribution in [0.3, 0.4) is 0 Å². The van der Waals surface area contributed by atoms with Crippen LogP contribution in [0.25, 0.3) is 0 Å². The van der Waals surface area contributed by atoms with Gasteiger partial charge in [0.15, 0.2) is 0 Å². The zero-order valence-electron chi connectivity index (χ0n) is 12.8. The predicted octanol–water partition coefficient (Wildman–Crippen LogP) is 2.39. The molecule has 1 saturated carbocycles. The Morgan fingerprint density at radius 1 is 1.26 bits per heavy atom. The molecule has 2 rings (SSSR count). The van der Waals surface area contributed by atoms with Crippen LogP contribution in [0, 0.1) is 23.7 Å². The molecule has 3 nitrogen and oxygen atoms in total. The SMILES string of the molecule is COCC1CCCN(CC2C(C)CC(C)CC2O)C1. The molecule has 0 amide bonds. The van der Waals surface area contributed by atoms with Crippen molar-refractivity contribution in [1.82, 2.24) is 4.90 Å². The molecule has 1 saturated heterocycles. The molecule has 1 heterocycles. The van der Waals surface area contributed by atoms with Crippen molar-refractivity contribution in [2.45, 2.75) is 45.6 Å². The van der Waals surface area contributed by atoms with Gasteiger partial charge in [-0.15, -0.1) is 0 Å². The average Bonchev–Trinajstić information content (AvgIpc) is 2.35. The molecule has 0 aromatic rings. The van der Waals surface area contributed by atoms with Crippen molar-refractivity contribution in [3.63, 3.8) is 0 Å². The molecule has 5 unspecified atom stereocenters. The number of piperidine rings is 1. The van der Waals surface area contributed by atoms with Crippen molar-refractivity contribution < 1.29 is 9.84 Å². The maximum Gasteiger partial charge on any atom is 0.0585 e. The van der Waals surface area contributed by atoms with Crippen molar-refractivity contribution >= 4 is 0 Å². The number of hydrogen-bond donors (Lipinski definition) is 1. The summed E-state index contributed by atoms with van der Waals surface area (Å²) in [6.07, 6.45) is 4.74. The topological polar surface area (TPSA) is 32.7 Å². The number of likely N-dealkylation sites (tertiary alicyclic amines) is 1. The lowest BCUT2D eigenvalue weighted by Crippen LogP contribution is -2.46. The smallest absolute Gasteiger partial charge is 0.0585 e. The minimum atomic E-state index is -0.0958. The fourth-order valence-corrected chi connectivity index (χ4v) is 4.16. The van der Waals surface area contributed by atoms with Crippen LogP contribution in [-0.4, -0.2) is 49.5 Å². The molecule has 5 atom stereocenters. The summed E-state index contributed by atoms with van der Waals surface area (Å²) in [5.41, 5.74) is 0. The second kappa shape index (κ2) is 7.05. The molecule has 0 aromatic heterocycles. The van der Waals surface area contributed by atoms with Gasteiger partial charge < -0.3 is 14.7 Å². The molecule has 0 spiro atoms. The highest BCUT2D eigenvalue weighted by Gasteiger charge is 2.34. The van der Waals surface area contributed by atoms with Crippen molar-refractivity contribution in [3.05, 3.63) is 0 Å². The zero-order valence-corrected chi connectivity index (χ0v) is 12.8. The summed E-state index contributed by atoms with van der Waals surface area (Å²) in [6.45, 7) is 8.90. The highest BCUT2D eigenvalue weighted by atomic mass is 16.5. The van der Waals surface area contributed by atoms with E-state index in [1.807, 2.05) is 0 Å². The van der Waals surface area contributed by atoms with E-state index >= 15 is 0 Å². The molecule has 19 heavy (non-hydrogen) atoms. The molecular weight excluding hydrogens is 238 g/mol. The van der Waals surface area contributed by atoms with Gasteiger partial charge in [0.25, 0.3) is 0 Å². The van der Waals surface area contributed by atoms with E-state index in [1.165, 1.54) is 25.8 Å². The maximum atomic E-state index is 10.4. The Hall–Kier alpha value is -0.120. The number of aliphatic hydroxyl groups excluding tert-OH is 1. The fraction of sp³-hybridized carbons (Fsp3) is 1.00. The minimum Gasteiger partial charge on any atom is -0.393 e. The van der Waals surface area contributed by atoms with Crippen molar-refractivity contribution in [3.8, 4) is 0 Å². The van der Waals surface area contributed by atoms with E-state index in [4.69, 9.17) is 4.74 Å². The Morgan fingerprint density at radius 3 is 2.74 bits per heavy atom. The number of nitrogens with zero attached hydrogens (tertiary/aromatic N) is 1. The molecular formula is C16H31NO2. The molecule has 1 aliphatic heterocycles. The summed E-state index contributed by atoms with van der Waals surface area (Å²) in [7, 11) is 1.80. The van der Waals surface area contributed by atoms with E-state index in [0.29, 0.717) is 23.7 Å². The van der Waals surface area contributed by atoms with Gasteiger partial charge in [-0.2, -0.15) is 0 Å². The van der Waals surface area contributed by atoms with E-state index in [1.54, 1.807) is 7.11 Å². The summed E-state index contributed by atoms with van der Waals surface area (Å²) in [5, 5.41) is 10.4. The zero-order chi connectivity index (χ0) is 13.8. The summed E-state index contributed by atoms with van der Waals surface area (Å²) < 4.78 is 5.30. The summed E-state index contributed by atoms with van der Waals surface area (Å²) in [5.74, 6) is 2.50. The molecule has 112 valence electrons. The molecule has 2 aliphatic rings. The van der Waals surface area contributed by atoms with E-state index in [9.17, 15) is 5.11 Å². The standard InChI is InChI=1S/C16H31NO2/c1-12-7-13(2)15(16(18)8-12)10-17-6-4-5-14(9-17)11-19-3/h12-16,18H,4-11H2,1-3H3. The molecule has 1 aliphatic carbocycles. The van der Waals surface area contributed by atoms with Gasteiger partial charge in [-0.1, -0.05) is 13.8 Å². The first-order chi connectivity index (χ1) is 9.10. The third-order valence-corrected chi connectivity index (χ3v) is 5.12. The Morgan fingerprint density at radius 2 is 2.05 bits per heavy atom. The minimum absolute atomic E-state index is 0.0958. The van der Waals surface area contributed by atoms with Crippen molar-refractivity contribution in [2.24, 2.45) is 23.7 Å². The highest BCUT2D eigenvalue weighted by molar-refractivity contribution is 4.86. The number of aliphatic hydroxyl groups is 1. The van der Waals surface area contributed by atoms with Crippen LogP contribution >= 0.6 is 0 Å². The fourth-order valence-electron chi connectivity index (χ4n) is 4.16. The van der Waals surface area contributed by atoms with E-state index < -0.39 is 0 Å². The highest BCUT2D eigenvalue weighted by Crippen LogP contribution is 2.34. The van der Waals surface area contributed by atoms with Gasteiger partial charge in [0.1, 0.15) is 0 Å². The van der Waals surface area contributed by atoms with Gasteiger partial charge in [0, 0.05) is 26.1 Å². The first-order valence-electron chi connectivity index (χ1n) is 7.99. The van der Waals surface area contributed by atoms with Crippen LogP contribution in [-0.2, 0) is 4.74 Å². The molecule has 2 fully saturated rings. The van der Waals surface area contributed by atoms with E-state index in [0.717, 1.165) is 26.1 Å². The monoisotopic (exact) mass is 269 g/mol. The maximum absolute atomic E-state index is 10.4.